The number of rotatable bonds is 5. The quantitative estimate of drug-likeness (QED) is 0.607. The van der Waals surface area contributed by atoms with E-state index in [4.69, 9.17) is 0 Å². The Labute approximate surface area is 150 Å². The molecule has 0 aromatic heterocycles. The number of non-ortho nitro benzene ring substituents is 1. The molecule has 2 aromatic rings. The summed E-state index contributed by atoms with van der Waals surface area (Å²) in [6.45, 7) is 0.348. The molecule has 1 aliphatic heterocycles. The minimum Gasteiger partial charge on any atom is -0.280 e. The third kappa shape index (κ3) is 3.63. The molecule has 1 heterocycles. The number of nitro benzene ring substituents is 1. The van der Waals surface area contributed by atoms with Gasteiger partial charge in [0.25, 0.3) is 15.7 Å². The topological polar surface area (TPSA) is 127 Å². The van der Waals surface area contributed by atoms with Gasteiger partial charge in [-0.05, 0) is 36.8 Å². The fourth-order valence-corrected chi connectivity index (χ4v) is 5.22. The number of benzene rings is 2. The molecule has 1 N–H and O–H groups in total. The Morgan fingerprint density at radius 1 is 1.12 bits per heavy atom. The number of sulfonamides is 2. The summed E-state index contributed by atoms with van der Waals surface area (Å²) in [6, 6.07) is 10.5. The van der Waals surface area contributed by atoms with E-state index in [2.05, 4.69) is 4.72 Å². The number of hydrogen-bond donors (Lipinski definition) is 1. The number of nitrogens with zero attached hydrogens (tertiary/aromatic N) is 2. The third-order valence-corrected chi connectivity index (χ3v) is 7.11. The van der Waals surface area contributed by atoms with E-state index in [1.807, 2.05) is 0 Å². The van der Waals surface area contributed by atoms with Crippen molar-refractivity contribution in [1.82, 2.24) is 0 Å². The van der Waals surface area contributed by atoms with Crippen LogP contribution in [0, 0.1) is 10.1 Å². The molecule has 0 radical (unpaired) electrons. The summed E-state index contributed by atoms with van der Waals surface area (Å²) in [5, 5.41) is 10.7. The lowest BCUT2D eigenvalue weighted by atomic mass is 10.3. The molecule has 1 aliphatic rings. The van der Waals surface area contributed by atoms with Gasteiger partial charge in [0.1, 0.15) is 0 Å². The van der Waals surface area contributed by atoms with E-state index in [9.17, 15) is 26.9 Å². The van der Waals surface area contributed by atoms with E-state index in [0.29, 0.717) is 18.7 Å². The van der Waals surface area contributed by atoms with Crippen LogP contribution >= 0.6 is 0 Å². The Bertz CT molecular complexity index is 1050. The van der Waals surface area contributed by atoms with Crippen LogP contribution in [0.25, 0.3) is 0 Å². The largest absolute Gasteiger partial charge is 0.280 e. The maximum atomic E-state index is 12.4. The smallest absolute Gasteiger partial charge is 0.269 e. The van der Waals surface area contributed by atoms with Gasteiger partial charge in [-0.25, -0.2) is 16.8 Å². The fraction of sp³-hybridized carbons (Fsp3) is 0.200. The first-order valence-electron chi connectivity index (χ1n) is 7.57. The molecular formula is C15H15N3O6S2. The minimum atomic E-state index is -3.97. The highest BCUT2D eigenvalue weighted by molar-refractivity contribution is 7.93. The van der Waals surface area contributed by atoms with Crippen LogP contribution in [0.4, 0.5) is 17.1 Å². The molecule has 0 spiro atoms. The van der Waals surface area contributed by atoms with Gasteiger partial charge in [-0.3, -0.25) is 19.1 Å². The lowest BCUT2D eigenvalue weighted by Gasteiger charge is -2.18. The molecule has 0 bridgehead atoms. The Balaban J connectivity index is 1.86. The SMILES string of the molecule is O=[N+]([O-])c1ccc(S(=O)(=O)Nc2cccc(N3CCCS3(=O)=O)c2)cc1. The molecule has 3 rings (SSSR count). The van der Waals surface area contributed by atoms with E-state index < -0.39 is 25.0 Å². The molecule has 0 atom stereocenters. The highest BCUT2D eigenvalue weighted by atomic mass is 32.2. The number of anilines is 2. The van der Waals surface area contributed by atoms with Crippen LogP contribution < -0.4 is 9.03 Å². The molecule has 1 fully saturated rings. The van der Waals surface area contributed by atoms with Crippen LogP contribution in [-0.2, 0) is 20.0 Å². The molecule has 1 saturated heterocycles. The number of nitro groups is 1. The van der Waals surface area contributed by atoms with Crippen LogP contribution in [-0.4, -0.2) is 34.1 Å². The van der Waals surface area contributed by atoms with Gasteiger partial charge in [-0.15, -0.1) is 0 Å². The van der Waals surface area contributed by atoms with Crippen molar-refractivity contribution >= 4 is 37.1 Å². The van der Waals surface area contributed by atoms with Crippen molar-refractivity contribution in [2.24, 2.45) is 0 Å². The summed E-state index contributed by atoms with van der Waals surface area (Å²) in [7, 11) is -7.34. The normalized spacial score (nSPS) is 16.4. The van der Waals surface area contributed by atoms with E-state index >= 15 is 0 Å². The molecule has 0 aliphatic carbocycles. The second-order valence-electron chi connectivity index (χ2n) is 5.65. The molecule has 26 heavy (non-hydrogen) atoms. The van der Waals surface area contributed by atoms with Crippen LogP contribution in [0.3, 0.4) is 0 Å². The van der Waals surface area contributed by atoms with Crippen molar-refractivity contribution in [2.45, 2.75) is 11.3 Å². The van der Waals surface area contributed by atoms with Crippen molar-refractivity contribution < 1.29 is 21.8 Å². The summed E-state index contributed by atoms with van der Waals surface area (Å²) in [4.78, 5) is 9.90. The van der Waals surface area contributed by atoms with Gasteiger partial charge >= 0.3 is 0 Å². The van der Waals surface area contributed by atoms with Gasteiger partial charge in [0.15, 0.2) is 0 Å². The summed E-state index contributed by atoms with van der Waals surface area (Å²) in [5.41, 5.74) is 0.361. The van der Waals surface area contributed by atoms with Gasteiger partial charge in [-0.2, -0.15) is 0 Å². The fourth-order valence-electron chi connectivity index (χ4n) is 2.62. The van der Waals surface area contributed by atoms with Crippen LogP contribution in [0.15, 0.2) is 53.4 Å². The first-order chi connectivity index (χ1) is 12.2. The minimum absolute atomic E-state index is 0.0613. The van der Waals surface area contributed by atoms with Crippen LogP contribution in [0.1, 0.15) is 6.42 Å². The molecule has 2 aromatic carbocycles. The standard InChI is InChI=1S/C15H15N3O6S2/c19-18(20)13-5-7-15(8-6-13)26(23,24)16-12-3-1-4-14(11-12)17-9-2-10-25(17,21)22/h1,3-8,11,16H,2,9-10H2. The lowest BCUT2D eigenvalue weighted by molar-refractivity contribution is -0.384. The van der Waals surface area contributed by atoms with Crippen LogP contribution in [0.5, 0.6) is 0 Å². The van der Waals surface area contributed by atoms with Crippen molar-refractivity contribution in [3.05, 3.63) is 58.6 Å². The number of hydrogen-bond acceptors (Lipinski definition) is 6. The third-order valence-electron chi connectivity index (χ3n) is 3.84. The monoisotopic (exact) mass is 397 g/mol. The zero-order valence-corrected chi connectivity index (χ0v) is 15.0. The van der Waals surface area contributed by atoms with Crippen molar-refractivity contribution in [3.63, 3.8) is 0 Å². The van der Waals surface area contributed by atoms with Crippen molar-refractivity contribution in [3.8, 4) is 0 Å². The highest BCUT2D eigenvalue weighted by Gasteiger charge is 2.28. The molecule has 0 amide bonds. The maximum Gasteiger partial charge on any atom is 0.269 e. The van der Waals surface area contributed by atoms with Crippen molar-refractivity contribution in [1.29, 1.82) is 0 Å². The summed E-state index contributed by atoms with van der Waals surface area (Å²) < 4.78 is 52.5. The summed E-state index contributed by atoms with van der Waals surface area (Å²) in [6.07, 6.45) is 0.515. The first-order valence-corrected chi connectivity index (χ1v) is 10.7. The lowest BCUT2D eigenvalue weighted by Crippen LogP contribution is -2.25. The molecular weight excluding hydrogens is 382 g/mol. The molecule has 138 valence electrons. The zero-order valence-electron chi connectivity index (χ0n) is 13.4. The van der Waals surface area contributed by atoms with Crippen LogP contribution in [0.2, 0.25) is 0 Å². The van der Waals surface area contributed by atoms with E-state index in [0.717, 1.165) is 24.3 Å². The zero-order chi connectivity index (χ0) is 18.9. The van der Waals surface area contributed by atoms with Crippen molar-refractivity contribution in [2.75, 3.05) is 21.3 Å². The predicted octanol–water partition coefficient (Wildman–Crippen LogP) is 1.94. The first kappa shape index (κ1) is 18.1. The maximum absolute atomic E-state index is 12.4. The van der Waals surface area contributed by atoms with E-state index in [1.165, 1.54) is 16.4 Å². The molecule has 9 nitrogen and oxygen atoms in total. The van der Waals surface area contributed by atoms with E-state index in [-0.39, 0.29) is 22.0 Å². The molecule has 0 saturated carbocycles. The highest BCUT2D eigenvalue weighted by Crippen LogP contribution is 2.27. The average molecular weight is 397 g/mol. The Kier molecular flexibility index (Phi) is 4.59. The average Bonchev–Trinajstić information content (AvgIpc) is 2.94. The van der Waals surface area contributed by atoms with Gasteiger partial charge in [-0.1, -0.05) is 6.07 Å². The molecule has 11 heteroatoms. The Morgan fingerprint density at radius 3 is 2.38 bits per heavy atom. The summed E-state index contributed by atoms with van der Waals surface area (Å²) >= 11 is 0. The van der Waals surface area contributed by atoms with Gasteiger partial charge in [0, 0.05) is 18.7 Å². The van der Waals surface area contributed by atoms with Gasteiger partial charge in [0.05, 0.1) is 26.9 Å². The van der Waals surface area contributed by atoms with Gasteiger partial charge in [0.2, 0.25) is 10.0 Å². The predicted molar refractivity (Wildman–Crippen MR) is 96.1 cm³/mol. The second kappa shape index (κ2) is 6.57. The van der Waals surface area contributed by atoms with E-state index in [1.54, 1.807) is 12.1 Å². The summed E-state index contributed by atoms with van der Waals surface area (Å²) in [5.74, 6) is 0.0613. The van der Waals surface area contributed by atoms with Gasteiger partial charge < -0.3 is 0 Å². The Morgan fingerprint density at radius 2 is 1.81 bits per heavy atom. The number of nitrogens with one attached hydrogen (secondary N) is 1. The molecule has 0 unspecified atom stereocenters. The second-order valence-corrected chi connectivity index (χ2v) is 9.34. The Hall–Kier alpha value is -2.66.